The first-order valence-corrected chi connectivity index (χ1v) is 8.55. The first kappa shape index (κ1) is 15.9. The van der Waals surface area contributed by atoms with Gasteiger partial charge in [-0.15, -0.1) is 0 Å². The van der Waals surface area contributed by atoms with Crippen LogP contribution in [0.1, 0.15) is 23.0 Å². The second-order valence-electron chi connectivity index (χ2n) is 4.17. The predicted molar refractivity (Wildman–Crippen MR) is 81.4 cm³/mol. The normalized spacial score (nSPS) is 12.2. The summed E-state index contributed by atoms with van der Waals surface area (Å²) >= 11 is 1.28. The van der Waals surface area contributed by atoms with Gasteiger partial charge in [-0.1, -0.05) is 18.3 Å². The highest BCUT2D eigenvalue weighted by atomic mass is 32.2. The summed E-state index contributed by atoms with van der Waals surface area (Å²) in [7, 11) is 1.01. The van der Waals surface area contributed by atoms with Crippen molar-refractivity contribution in [2.24, 2.45) is 0 Å². The Labute approximate surface area is 119 Å². The summed E-state index contributed by atoms with van der Waals surface area (Å²) in [6.45, 7) is 3.31. The van der Waals surface area contributed by atoms with Crippen LogP contribution in [-0.4, -0.2) is 47.2 Å². The number of amides is 1. The number of nitrogens with zero attached hydrogens (tertiary/aromatic N) is 2. The Morgan fingerprint density at radius 1 is 1.58 bits per heavy atom. The molecule has 6 nitrogen and oxygen atoms in total. The fraction of sp³-hybridized carbons (Fsp3) is 0.636. The lowest BCUT2D eigenvalue weighted by Crippen LogP contribution is -2.27. The number of nitrogens with two attached hydrogens (primary N) is 1. The van der Waals surface area contributed by atoms with E-state index >= 15 is 0 Å². The van der Waals surface area contributed by atoms with Gasteiger partial charge in [-0.05, 0) is 6.42 Å². The molecule has 0 aliphatic carbocycles. The lowest BCUT2D eigenvalue weighted by Gasteiger charge is -2.13. The van der Waals surface area contributed by atoms with Crippen LogP contribution in [0.25, 0.3) is 0 Å². The molecule has 1 atom stereocenters. The molecule has 1 unspecified atom stereocenters. The van der Waals surface area contributed by atoms with Gasteiger partial charge in [0.2, 0.25) is 0 Å². The van der Waals surface area contributed by atoms with E-state index in [9.17, 15) is 9.00 Å². The third-order valence-corrected chi connectivity index (χ3v) is 4.37. The van der Waals surface area contributed by atoms with E-state index in [1.807, 2.05) is 11.9 Å². The summed E-state index contributed by atoms with van der Waals surface area (Å²) in [6, 6.07) is 0. The van der Waals surface area contributed by atoms with Gasteiger partial charge in [0.05, 0.1) is 0 Å². The Bertz CT molecular complexity index is 462. The zero-order chi connectivity index (χ0) is 14.4. The monoisotopic (exact) mass is 304 g/mol. The zero-order valence-electron chi connectivity index (χ0n) is 11.4. The third-order valence-electron chi connectivity index (χ3n) is 2.41. The molecule has 0 aliphatic heterocycles. The molecular weight excluding hydrogens is 284 g/mol. The lowest BCUT2D eigenvalue weighted by molar-refractivity contribution is 0.0961. The molecule has 3 N–H and O–H groups in total. The Morgan fingerprint density at radius 2 is 2.26 bits per heavy atom. The molecule has 0 saturated carbocycles. The summed E-state index contributed by atoms with van der Waals surface area (Å²) in [5.41, 5.74) is 5.76. The molecule has 0 radical (unpaired) electrons. The molecule has 0 aromatic carbocycles. The van der Waals surface area contributed by atoms with Gasteiger partial charge in [0.1, 0.15) is 10.7 Å². The maximum Gasteiger partial charge on any atom is 0.265 e. The minimum Gasteiger partial charge on any atom is -0.382 e. The average molecular weight is 304 g/mol. The minimum atomic E-state index is -0.915. The van der Waals surface area contributed by atoms with E-state index in [1.165, 1.54) is 11.3 Å². The van der Waals surface area contributed by atoms with Crippen molar-refractivity contribution in [1.82, 2.24) is 10.3 Å². The van der Waals surface area contributed by atoms with E-state index in [2.05, 4.69) is 17.2 Å². The van der Waals surface area contributed by atoms with Crippen LogP contribution >= 0.6 is 11.3 Å². The van der Waals surface area contributed by atoms with Gasteiger partial charge in [-0.25, -0.2) is 4.98 Å². The number of thiazole rings is 1. The van der Waals surface area contributed by atoms with Crippen molar-refractivity contribution in [2.75, 3.05) is 42.8 Å². The fourth-order valence-electron chi connectivity index (χ4n) is 1.47. The number of anilines is 2. The van der Waals surface area contributed by atoms with Gasteiger partial charge in [0.25, 0.3) is 5.91 Å². The second-order valence-corrected chi connectivity index (χ2v) is 6.70. The molecule has 0 bridgehead atoms. The molecule has 1 heterocycles. The van der Waals surface area contributed by atoms with Crippen LogP contribution in [0.3, 0.4) is 0 Å². The third kappa shape index (κ3) is 4.79. The highest BCUT2D eigenvalue weighted by Crippen LogP contribution is 2.27. The van der Waals surface area contributed by atoms with Crippen LogP contribution in [0, 0.1) is 0 Å². The van der Waals surface area contributed by atoms with Gasteiger partial charge < -0.3 is 16.0 Å². The van der Waals surface area contributed by atoms with Gasteiger partial charge in [0.15, 0.2) is 5.13 Å². The molecular formula is C11H20N4O2S2. The first-order valence-electron chi connectivity index (χ1n) is 6.01. The summed E-state index contributed by atoms with van der Waals surface area (Å²) in [4.78, 5) is 18.5. The smallest absolute Gasteiger partial charge is 0.265 e. The minimum absolute atomic E-state index is 0.248. The Balaban J connectivity index is 2.67. The number of rotatable bonds is 7. The van der Waals surface area contributed by atoms with Crippen molar-refractivity contribution in [1.29, 1.82) is 0 Å². The van der Waals surface area contributed by atoms with Gasteiger partial charge >= 0.3 is 0 Å². The maximum atomic E-state index is 11.9. The topological polar surface area (TPSA) is 88.3 Å². The van der Waals surface area contributed by atoms with E-state index in [1.54, 1.807) is 6.26 Å². The molecule has 19 heavy (non-hydrogen) atoms. The molecule has 0 fully saturated rings. The molecule has 108 valence electrons. The van der Waals surface area contributed by atoms with E-state index < -0.39 is 10.8 Å². The number of nitrogens with one attached hydrogen (secondary N) is 1. The standard InChI is InChI=1S/C11H20N4O2S2/c1-4-6-15(2)11-14-9(12)8(18-11)10(16)13-5-7-19(3)17/h4-7,12H2,1-3H3,(H,13,16). The highest BCUT2D eigenvalue weighted by molar-refractivity contribution is 7.84. The van der Waals surface area contributed by atoms with E-state index in [4.69, 9.17) is 5.73 Å². The summed E-state index contributed by atoms with van der Waals surface area (Å²) in [5, 5.41) is 3.43. The van der Waals surface area contributed by atoms with Crippen LogP contribution < -0.4 is 16.0 Å². The number of carbonyl (C=O) groups is 1. The van der Waals surface area contributed by atoms with Crippen LogP contribution in [0.5, 0.6) is 0 Å². The molecule has 1 aromatic rings. The number of nitrogen functional groups attached to an aromatic ring is 1. The average Bonchev–Trinajstić information content (AvgIpc) is 2.71. The maximum absolute atomic E-state index is 11.9. The molecule has 0 aliphatic rings. The van der Waals surface area contributed by atoms with Gasteiger partial charge in [-0.3, -0.25) is 9.00 Å². The number of hydrogen-bond donors (Lipinski definition) is 2. The Morgan fingerprint density at radius 3 is 2.84 bits per heavy atom. The van der Waals surface area contributed by atoms with Gasteiger partial charge in [0, 0.05) is 42.9 Å². The van der Waals surface area contributed by atoms with Crippen molar-refractivity contribution in [3.8, 4) is 0 Å². The van der Waals surface area contributed by atoms with Crippen LogP contribution in [-0.2, 0) is 10.8 Å². The van der Waals surface area contributed by atoms with Crippen LogP contribution in [0.4, 0.5) is 10.9 Å². The van der Waals surface area contributed by atoms with E-state index in [-0.39, 0.29) is 11.7 Å². The zero-order valence-corrected chi connectivity index (χ0v) is 13.1. The number of hydrogen-bond acceptors (Lipinski definition) is 6. The summed E-state index contributed by atoms with van der Waals surface area (Å²) < 4.78 is 10.9. The molecule has 1 rings (SSSR count). The van der Waals surface area contributed by atoms with E-state index in [0.29, 0.717) is 17.2 Å². The predicted octanol–water partition coefficient (Wildman–Crippen LogP) is 0.680. The van der Waals surface area contributed by atoms with Crippen molar-refractivity contribution in [3.63, 3.8) is 0 Å². The van der Waals surface area contributed by atoms with Crippen molar-refractivity contribution in [3.05, 3.63) is 4.88 Å². The number of carbonyl (C=O) groups excluding carboxylic acids is 1. The molecule has 0 saturated heterocycles. The molecule has 1 aromatic heterocycles. The van der Waals surface area contributed by atoms with Crippen molar-refractivity contribution < 1.29 is 9.00 Å². The quantitative estimate of drug-likeness (QED) is 0.773. The largest absolute Gasteiger partial charge is 0.382 e. The van der Waals surface area contributed by atoms with Crippen LogP contribution in [0.15, 0.2) is 0 Å². The van der Waals surface area contributed by atoms with Crippen molar-refractivity contribution >= 4 is 39.0 Å². The Hall–Kier alpha value is -1.15. The molecule has 0 spiro atoms. The Kier molecular flexibility index (Phi) is 6.23. The first-order chi connectivity index (χ1) is 8.95. The fourth-order valence-corrected chi connectivity index (χ4v) is 2.74. The molecule has 8 heteroatoms. The summed E-state index contributed by atoms with van der Waals surface area (Å²) in [5.74, 6) is 0.433. The lowest BCUT2D eigenvalue weighted by atomic mass is 10.4. The van der Waals surface area contributed by atoms with Gasteiger partial charge in [-0.2, -0.15) is 0 Å². The van der Waals surface area contributed by atoms with Crippen LogP contribution in [0.2, 0.25) is 0 Å². The SMILES string of the molecule is CCCN(C)c1nc(N)c(C(=O)NCCS(C)=O)s1. The highest BCUT2D eigenvalue weighted by Gasteiger charge is 2.17. The van der Waals surface area contributed by atoms with E-state index in [0.717, 1.165) is 18.1 Å². The second kappa shape index (κ2) is 7.44. The van der Waals surface area contributed by atoms with Crippen molar-refractivity contribution in [2.45, 2.75) is 13.3 Å². The molecule has 1 amide bonds. The number of aromatic nitrogens is 1. The summed E-state index contributed by atoms with van der Waals surface area (Å²) in [6.07, 6.45) is 2.60.